The largest absolute Gasteiger partial charge is 0.324 e. The van der Waals surface area contributed by atoms with Crippen molar-refractivity contribution in [3.05, 3.63) is 0 Å². The van der Waals surface area contributed by atoms with Crippen LogP contribution in [0.1, 0.15) is 32.1 Å². The number of hydrogen-bond donors (Lipinski definition) is 1. The summed E-state index contributed by atoms with van der Waals surface area (Å²) in [5.41, 5.74) is 6.35. The van der Waals surface area contributed by atoms with Gasteiger partial charge < -0.3 is 10.6 Å². The van der Waals surface area contributed by atoms with Crippen molar-refractivity contribution in [2.45, 2.75) is 37.6 Å². The van der Waals surface area contributed by atoms with Crippen molar-refractivity contribution in [2.75, 3.05) is 19.6 Å². The van der Waals surface area contributed by atoms with Gasteiger partial charge in [-0.1, -0.05) is 0 Å². The average molecular weight is 227 g/mol. The van der Waals surface area contributed by atoms with Gasteiger partial charge in [-0.15, -0.1) is 24.8 Å². The average Bonchev–Trinajstić information content (AvgIpc) is 2.36. The van der Waals surface area contributed by atoms with Crippen molar-refractivity contribution in [1.29, 1.82) is 0 Å². The summed E-state index contributed by atoms with van der Waals surface area (Å²) in [6.45, 7) is 3.74. The molecule has 80 valence electrons. The monoisotopic (exact) mass is 226 g/mol. The van der Waals surface area contributed by atoms with E-state index in [1.165, 1.54) is 45.2 Å². The molecule has 2 rings (SSSR count). The first-order chi connectivity index (χ1) is 5.29. The van der Waals surface area contributed by atoms with Crippen LogP contribution < -0.4 is 5.73 Å². The van der Waals surface area contributed by atoms with Gasteiger partial charge in [-0.05, 0) is 45.2 Å². The second-order valence-corrected chi connectivity index (χ2v) is 4.20. The Hall–Kier alpha value is 0.500. The summed E-state index contributed by atoms with van der Waals surface area (Å²) in [7, 11) is 0. The Morgan fingerprint density at radius 2 is 1.54 bits per heavy atom. The third-order valence-electron chi connectivity index (χ3n) is 3.09. The Bertz CT molecular complexity index is 143. The number of rotatable bonds is 2. The molecule has 13 heavy (non-hydrogen) atoms. The van der Waals surface area contributed by atoms with Crippen LogP contribution in [0.5, 0.6) is 0 Å². The van der Waals surface area contributed by atoms with Crippen molar-refractivity contribution >= 4 is 24.8 Å². The van der Waals surface area contributed by atoms with Crippen LogP contribution in [0.3, 0.4) is 0 Å². The smallest absolute Gasteiger partial charge is 0.0283 e. The molecule has 1 heterocycles. The predicted octanol–water partition coefficient (Wildman–Crippen LogP) is 1.81. The highest BCUT2D eigenvalue weighted by molar-refractivity contribution is 5.85. The van der Waals surface area contributed by atoms with Crippen LogP contribution in [0, 0.1) is 0 Å². The Morgan fingerprint density at radius 1 is 1.00 bits per heavy atom. The van der Waals surface area contributed by atoms with Crippen LogP contribution in [-0.2, 0) is 0 Å². The predicted molar refractivity (Wildman–Crippen MR) is 60.9 cm³/mol. The summed E-state index contributed by atoms with van der Waals surface area (Å²) in [6, 6.07) is 0. The van der Waals surface area contributed by atoms with Gasteiger partial charge in [0.1, 0.15) is 0 Å². The van der Waals surface area contributed by atoms with Crippen LogP contribution in [0.4, 0.5) is 0 Å². The molecule has 0 bridgehead atoms. The first-order valence-electron chi connectivity index (χ1n) is 4.80. The van der Waals surface area contributed by atoms with E-state index in [-0.39, 0.29) is 30.4 Å². The van der Waals surface area contributed by atoms with Crippen LogP contribution in [0.15, 0.2) is 0 Å². The maximum absolute atomic E-state index is 6.14. The third-order valence-corrected chi connectivity index (χ3v) is 3.09. The molecule has 0 unspecified atom stereocenters. The van der Waals surface area contributed by atoms with Crippen molar-refractivity contribution in [3.8, 4) is 0 Å². The molecule has 0 atom stereocenters. The first-order valence-corrected chi connectivity index (χ1v) is 4.80. The van der Waals surface area contributed by atoms with E-state index in [1.807, 2.05) is 0 Å². The minimum Gasteiger partial charge on any atom is -0.324 e. The number of nitrogens with two attached hydrogens (primary N) is 1. The lowest BCUT2D eigenvalue weighted by molar-refractivity contribution is 0.165. The highest BCUT2D eigenvalue weighted by Gasteiger charge is 2.34. The van der Waals surface area contributed by atoms with Gasteiger partial charge in [0.2, 0.25) is 0 Å². The summed E-state index contributed by atoms with van der Waals surface area (Å²) >= 11 is 0. The summed E-state index contributed by atoms with van der Waals surface area (Å²) in [4.78, 5) is 2.53. The molecule has 1 saturated carbocycles. The molecule has 2 aliphatic rings. The SMILES string of the molecule is Cl.Cl.NC1(CN2CCCC2)CCC1. The molecule has 1 aliphatic carbocycles. The molecule has 4 heteroatoms. The van der Waals surface area contributed by atoms with E-state index >= 15 is 0 Å². The summed E-state index contributed by atoms with van der Waals surface area (Å²) in [5, 5.41) is 0. The lowest BCUT2D eigenvalue weighted by Gasteiger charge is -2.40. The van der Waals surface area contributed by atoms with Crippen molar-refractivity contribution in [1.82, 2.24) is 4.90 Å². The number of likely N-dealkylation sites (tertiary alicyclic amines) is 1. The fourth-order valence-electron chi connectivity index (χ4n) is 2.18. The summed E-state index contributed by atoms with van der Waals surface area (Å²) in [6.07, 6.45) is 6.63. The molecule has 0 radical (unpaired) electrons. The number of halogens is 2. The maximum atomic E-state index is 6.14. The summed E-state index contributed by atoms with van der Waals surface area (Å²) < 4.78 is 0. The molecular weight excluding hydrogens is 207 g/mol. The quantitative estimate of drug-likeness (QED) is 0.779. The van der Waals surface area contributed by atoms with Crippen LogP contribution in [0.25, 0.3) is 0 Å². The van der Waals surface area contributed by atoms with Gasteiger partial charge in [0.05, 0.1) is 0 Å². The number of hydrogen-bond acceptors (Lipinski definition) is 2. The molecule has 2 N–H and O–H groups in total. The highest BCUT2D eigenvalue weighted by Crippen LogP contribution is 2.30. The van der Waals surface area contributed by atoms with Crippen molar-refractivity contribution < 1.29 is 0 Å². The van der Waals surface area contributed by atoms with Gasteiger partial charge >= 0.3 is 0 Å². The van der Waals surface area contributed by atoms with E-state index in [9.17, 15) is 0 Å². The van der Waals surface area contributed by atoms with Crippen molar-refractivity contribution in [3.63, 3.8) is 0 Å². The molecule has 0 aromatic rings. The minimum atomic E-state index is 0. The number of nitrogens with zero attached hydrogens (tertiary/aromatic N) is 1. The van der Waals surface area contributed by atoms with Gasteiger partial charge in [-0.25, -0.2) is 0 Å². The van der Waals surface area contributed by atoms with E-state index < -0.39 is 0 Å². The van der Waals surface area contributed by atoms with E-state index in [4.69, 9.17) is 5.73 Å². The Morgan fingerprint density at radius 3 is 1.92 bits per heavy atom. The van der Waals surface area contributed by atoms with Gasteiger partial charge in [0, 0.05) is 12.1 Å². The fraction of sp³-hybridized carbons (Fsp3) is 1.00. The standard InChI is InChI=1S/C9H18N2.2ClH/c10-9(4-3-5-9)8-11-6-1-2-7-11;;/h1-8,10H2;2*1H. The molecule has 2 fully saturated rings. The van der Waals surface area contributed by atoms with Gasteiger partial charge in [0.15, 0.2) is 0 Å². The molecule has 0 aromatic heterocycles. The lowest BCUT2D eigenvalue weighted by atomic mass is 9.77. The van der Waals surface area contributed by atoms with Crippen LogP contribution in [-0.4, -0.2) is 30.1 Å². The zero-order valence-electron chi connectivity index (χ0n) is 8.00. The second-order valence-electron chi connectivity index (χ2n) is 4.20. The Labute approximate surface area is 93.1 Å². The van der Waals surface area contributed by atoms with E-state index in [0.717, 1.165) is 6.54 Å². The van der Waals surface area contributed by atoms with Gasteiger partial charge in [0.25, 0.3) is 0 Å². The first kappa shape index (κ1) is 13.5. The Balaban J connectivity index is 0.000000720. The zero-order valence-corrected chi connectivity index (χ0v) is 9.63. The molecule has 2 nitrogen and oxygen atoms in total. The molecule has 1 aliphatic heterocycles. The topological polar surface area (TPSA) is 29.3 Å². The molecule has 0 spiro atoms. The Kier molecular flexibility index (Phi) is 5.61. The van der Waals surface area contributed by atoms with Gasteiger partial charge in [-0.3, -0.25) is 0 Å². The zero-order chi connectivity index (χ0) is 7.73. The van der Waals surface area contributed by atoms with Crippen LogP contribution in [0.2, 0.25) is 0 Å². The van der Waals surface area contributed by atoms with E-state index in [0.29, 0.717) is 0 Å². The molecule has 1 saturated heterocycles. The second kappa shape index (κ2) is 5.40. The lowest BCUT2D eigenvalue weighted by Crippen LogP contribution is -2.54. The molecule has 0 amide bonds. The molecular formula is C9H20Cl2N2. The highest BCUT2D eigenvalue weighted by atomic mass is 35.5. The third kappa shape index (κ3) is 3.28. The summed E-state index contributed by atoms with van der Waals surface area (Å²) in [5.74, 6) is 0. The normalized spacial score (nSPS) is 25.6. The maximum Gasteiger partial charge on any atom is 0.0283 e. The van der Waals surface area contributed by atoms with Gasteiger partial charge in [-0.2, -0.15) is 0 Å². The fourth-order valence-corrected chi connectivity index (χ4v) is 2.18. The molecule has 0 aromatic carbocycles. The van der Waals surface area contributed by atoms with Crippen LogP contribution >= 0.6 is 24.8 Å². The van der Waals surface area contributed by atoms with Crippen molar-refractivity contribution in [2.24, 2.45) is 5.73 Å². The minimum absolute atomic E-state index is 0. The van der Waals surface area contributed by atoms with E-state index in [2.05, 4.69) is 4.90 Å². The van der Waals surface area contributed by atoms with E-state index in [1.54, 1.807) is 0 Å².